The molecule has 0 aliphatic carbocycles. The molecule has 0 N–H and O–H groups in total. The number of allylic oxidation sites excluding steroid dienone is 1. The summed E-state index contributed by atoms with van der Waals surface area (Å²) in [6, 6.07) is 2.04. The second-order valence-electron chi connectivity index (χ2n) is 3.74. The van der Waals surface area contributed by atoms with E-state index >= 15 is 0 Å². The molecular formula is C12H16BrN. The molecule has 0 fully saturated rings. The van der Waals surface area contributed by atoms with Crippen LogP contribution >= 0.6 is 15.9 Å². The fourth-order valence-corrected chi connectivity index (χ4v) is 2.00. The van der Waals surface area contributed by atoms with E-state index in [-0.39, 0.29) is 0 Å². The second-order valence-corrected chi connectivity index (χ2v) is 4.30. The van der Waals surface area contributed by atoms with Gasteiger partial charge in [-0.1, -0.05) is 41.4 Å². The summed E-state index contributed by atoms with van der Waals surface area (Å²) in [5.41, 5.74) is 3.90. The van der Waals surface area contributed by atoms with Gasteiger partial charge in [-0.15, -0.1) is 0 Å². The maximum atomic E-state index is 4.13. The Morgan fingerprint density at radius 1 is 1.57 bits per heavy atom. The molecular weight excluding hydrogens is 238 g/mol. The van der Waals surface area contributed by atoms with Crippen molar-refractivity contribution in [2.45, 2.75) is 20.8 Å². The molecule has 1 rings (SSSR count). The van der Waals surface area contributed by atoms with E-state index in [4.69, 9.17) is 0 Å². The topological polar surface area (TPSA) is 12.9 Å². The predicted molar refractivity (Wildman–Crippen MR) is 65.6 cm³/mol. The van der Waals surface area contributed by atoms with Crippen molar-refractivity contribution in [3.8, 4) is 0 Å². The van der Waals surface area contributed by atoms with Gasteiger partial charge in [0, 0.05) is 17.7 Å². The molecule has 1 heterocycles. The fraction of sp³-hybridized carbons (Fsp3) is 0.417. The average molecular weight is 254 g/mol. The summed E-state index contributed by atoms with van der Waals surface area (Å²) in [7, 11) is 0. The minimum atomic E-state index is 0.578. The van der Waals surface area contributed by atoms with Crippen LogP contribution in [-0.4, -0.2) is 10.3 Å². The summed E-state index contributed by atoms with van der Waals surface area (Å²) in [5, 5.41) is 0.930. The number of halogens is 1. The molecule has 0 aliphatic rings. The van der Waals surface area contributed by atoms with Gasteiger partial charge in [0.15, 0.2) is 0 Å². The van der Waals surface area contributed by atoms with Gasteiger partial charge in [-0.25, -0.2) is 0 Å². The predicted octanol–water partition coefficient (Wildman–Crippen LogP) is 3.82. The molecule has 1 aromatic heterocycles. The first kappa shape index (κ1) is 11.4. The van der Waals surface area contributed by atoms with Crippen LogP contribution < -0.4 is 0 Å². The number of alkyl halides is 1. The molecule has 76 valence electrons. The van der Waals surface area contributed by atoms with Gasteiger partial charge in [0.1, 0.15) is 0 Å². The van der Waals surface area contributed by atoms with Crippen molar-refractivity contribution in [3.63, 3.8) is 0 Å². The van der Waals surface area contributed by atoms with E-state index in [0.717, 1.165) is 5.33 Å². The quantitative estimate of drug-likeness (QED) is 0.747. The van der Waals surface area contributed by atoms with Crippen LogP contribution in [0.2, 0.25) is 0 Å². The third kappa shape index (κ3) is 2.95. The van der Waals surface area contributed by atoms with Crippen LogP contribution in [0.1, 0.15) is 25.0 Å². The van der Waals surface area contributed by atoms with Gasteiger partial charge in [-0.05, 0) is 30.0 Å². The van der Waals surface area contributed by atoms with Crippen molar-refractivity contribution in [2.24, 2.45) is 5.92 Å². The number of hydrogen-bond donors (Lipinski definition) is 0. The molecule has 0 amide bonds. The number of nitrogens with zero attached hydrogens (tertiary/aromatic N) is 1. The van der Waals surface area contributed by atoms with Gasteiger partial charge in [0.05, 0.1) is 0 Å². The molecule has 0 aliphatic heterocycles. The van der Waals surface area contributed by atoms with E-state index in [1.54, 1.807) is 0 Å². The van der Waals surface area contributed by atoms with Crippen LogP contribution in [0.3, 0.4) is 0 Å². The van der Waals surface area contributed by atoms with Crippen LogP contribution in [0.5, 0.6) is 0 Å². The molecule has 14 heavy (non-hydrogen) atoms. The van der Waals surface area contributed by atoms with Crippen molar-refractivity contribution in [1.29, 1.82) is 0 Å². The maximum absolute atomic E-state index is 4.13. The summed E-state index contributed by atoms with van der Waals surface area (Å²) < 4.78 is 0. The molecule has 0 atom stereocenters. The zero-order chi connectivity index (χ0) is 10.6. The molecule has 0 saturated heterocycles. The lowest BCUT2D eigenvalue weighted by molar-refractivity contribution is 0.780. The van der Waals surface area contributed by atoms with Crippen LogP contribution in [-0.2, 0) is 0 Å². The number of pyridine rings is 1. The number of rotatable bonds is 3. The van der Waals surface area contributed by atoms with Crippen molar-refractivity contribution in [1.82, 2.24) is 4.98 Å². The Bertz CT molecular complexity index is 329. The minimum absolute atomic E-state index is 0.578. The fourth-order valence-electron chi connectivity index (χ4n) is 1.19. The van der Waals surface area contributed by atoms with Crippen LogP contribution in [0.25, 0.3) is 6.08 Å². The van der Waals surface area contributed by atoms with E-state index in [0.29, 0.717) is 5.92 Å². The molecule has 0 spiro atoms. The summed E-state index contributed by atoms with van der Waals surface area (Å²) in [4.78, 5) is 4.13. The lowest BCUT2D eigenvalue weighted by atomic mass is 10.0. The summed E-state index contributed by atoms with van der Waals surface area (Å²) in [5.74, 6) is 0.578. The Balaban J connectivity index is 3.00. The smallest absolute Gasteiger partial charge is 0.0342 e. The standard InChI is InChI=1S/C12H16BrN/c1-9(2)11(7-13)6-12-8-14-5-4-10(12)3/h4-6,8-9H,7H2,1-3H3/b11-6+. The van der Waals surface area contributed by atoms with Gasteiger partial charge in [-0.2, -0.15) is 0 Å². The number of hydrogen-bond acceptors (Lipinski definition) is 1. The third-order valence-electron chi connectivity index (χ3n) is 2.32. The Morgan fingerprint density at radius 3 is 2.79 bits per heavy atom. The summed E-state index contributed by atoms with van der Waals surface area (Å²) >= 11 is 3.51. The van der Waals surface area contributed by atoms with E-state index in [2.05, 4.69) is 47.8 Å². The average Bonchev–Trinajstić information content (AvgIpc) is 2.16. The van der Waals surface area contributed by atoms with Crippen LogP contribution in [0.4, 0.5) is 0 Å². The van der Waals surface area contributed by atoms with E-state index in [9.17, 15) is 0 Å². The van der Waals surface area contributed by atoms with E-state index in [1.165, 1.54) is 16.7 Å². The van der Waals surface area contributed by atoms with Crippen molar-refractivity contribution >= 4 is 22.0 Å². The highest BCUT2D eigenvalue weighted by atomic mass is 79.9. The Labute approximate surface area is 94.4 Å². The monoisotopic (exact) mass is 253 g/mol. The first-order valence-electron chi connectivity index (χ1n) is 4.82. The number of aromatic nitrogens is 1. The minimum Gasteiger partial charge on any atom is -0.264 e. The van der Waals surface area contributed by atoms with Crippen molar-refractivity contribution < 1.29 is 0 Å². The highest BCUT2D eigenvalue weighted by Crippen LogP contribution is 2.18. The van der Waals surface area contributed by atoms with Gasteiger partial charge >= 0.3 is 0 Å². The lowest BCUT2D eigenvalue weighted by Gasteiger charge is -2.08. The molecule has 0 bridgehead atoms. The summed E-state index contributed by atoms with van der Waals surface area (Å²) in [6.07, 6.45) is 5.97. The van der Waals surface area contributed by atoms with Gasteiger partial charge in [-0.3, -0.25) is 4.98 Å². The van der Waals surface area contributed by atoms with E-state index in [1.807, 2.05) is 18.5 Å². The molecule has 0 unspecified atom stereocenters. The SMILES string of the molecule is Cc1ccncc1/C=C(\CBr)C(C)C. The zero-order valence-electron chi connectivity index (χ0n) is 8.92. The molecule has 1 aromatic rings. The second kappa shape index (κ2) is 5.30. The Hall–Kier alpha value is -0.630. The highest BCUT2D eigenvalue weighted by molar-refractivity contribution is 9.09. The first-order chi connectivity index (χ1) is 6.65. The van der Waals surface area contributed by atoms with Crippen molar-refractivity contribution in [3.05, 3.63) is 35.2 Å². The van der Waals surface area contributed by atoms with E-state index < -0.39 is 0 Å². The van der Waals surface area contributed by atoms with Crippen molar-refractivity contribution in [2.75, 3.05) is 5.33 Å². The van der Waals surface area contributed by atoms with Gasteiger partial charge < -0.3 is 0 Å². The lowest BCUT2D eigenvalue weighted by Crippen LogP contribution is -1.95. The van der Waals surface area contributed by atoms with Gasteiger partial charge in [0.25, 0.3) is 0 Å². The first-order valence-corrected chi connectivity index (χ1v) is 5.94. The molecule has 0 saturated carbocycles. The summed E-state index contributed by atoms with van der Waals surface area (Å²) in [6.45, 7) is 6.53. The molecule has 1 nitrogen and oxygen atoms in total. The number of aryl methyl sites for hydroxylation is 1. The van der Waals surface area contributed by atoms with Gasteiger partial charge in [0.2, 0.25) is 0 Å². The molecule has 2 heteroatoms. The highest BCUT2D eigenvalue weighted by Gasteiger charge is 2.02. The van der Waals surface area contributed by atoms with Crippen LogP contribution in [0.15, 0.2) is 24.0 Å². The third-order valence-corrected chi connectivity index (χ3v) is 2.96. The normalized spacial score (nSPS) is 12.2. The molecule has 0 aromatic carbocycles. The van der Waals surface area contributed by atoms with Crippen LogP contribution in [0, 0.1) is 12.8 Å². The largest absolute Gasteiger partial charge is 0.264 e. The Morgan fingerprint density at radius 2 is 2.29 bits per heavy atom. The molecule has 0 radical (unpaired) electrons. The maximum Gasteiger partial charge on any atom is 0.0342 e. The Kier molecular flexibility index (Phi) is 4.33. The zero-order valence-corrected chi connectivity index (χ0v) is 10.5.